The fourth-order valence-corrected chi connectivity index (χ4v) is 3.41. The maximum absolute atomic E-state index is 12.2. The first kappa shape index (κ1) is 17.6. The topological polar surface area (TPSA) is 32.3 Å². The van der Waals surface area contributed by atoms with Crippen LogP contribution in [-0.4, -0.2) is 43.2 Å². The van der Waals surface area contributed by atoms with Gasteiger partial charge in [-0.2, -0.15) is 0 Å². The highest BCUT2D eigenvalue weighted by molar-refractivity contribution is 7.98. The number of nitrogens with one attached hydrogen (secondary N) is 1. The molecule has 1 aliphatic rings. The van der Waals surface area contributed by atoms with Crippen molar-refractivity contribution >= 4 is 29.3 Å². The minimum absolute atomic E-state index is 0.0724. The third-order valence-corrected chi connectivity index (χ3v) is 5.11. The van der Waals surface area contributed by atoms with E-state index in [0.717, 1.165) is 17.9 Å². The van der Waals surface area contributed by atoms with Crippen molar-refractivity contribution in [1.82, 2.24) is 10.2 Å². The molecule has 0 atom stereocenters. The first-order valence-electron chi connectivity index (χ1n) is 8.05. The van der Waals surface area contributed by atoms with Crippen molar-refractivity contribution in [1.29, 1.82) is 0 Å². The molecule has 22 heavy (non-hydrogen) atoms. The van der Waals surface area contributed by atoms with Gasteiger partial charge in [0.25, 0.3) is 5.91 Å². The van der Waals surface area contributed by atoms with Gasteiger partial charge in [0.2, 0.25) is 0 Å². The Bertz CT molecular complexity index is 488. The molecular weight excluding hydrogens is 316 g/mol. The standard InChI is InChI=1S/C17H25ClN2OS/c1-22-14-7-8-16(18)15(13-14)17(21)19-9-6-12-20-10-4-2-3-5-11-20/h7-8,13H,2-6,9-12H2,1H3,(H,19,21). The Morgan fingerprint density at radius 1 is 1.27 bits per heavy atom. The van der Waals surface area contributed by atoms with E-state index in [1.165, 1.54) is 38.8 Å². The zero-order chi connectivity index (χ0) is 15.8. The van der Waals surface area contributed by atoms with Crippen LogP contribution in [-0.2, 0) is 0 Å². The Hall–Kier alpha value is -0.710. The van der Waals surface area contributed by atoms with Crippen molar-refractivity contribution in [2.45, 2.75) is 37.0 Å². The third kappa shape index (κ3) is 5.49. The molecule has 0 aliphatic carbocycles. The molecule has 1 aromatic rings. The second-order valence-electron chi connectivity index (χ2n) is 5.71. The number of hydrogen-bond donors (Lipinski definition) is 1. The molecule has 0 bridgehead atoms. The number of halogens is 1. The highest BCUT2D eigenvalue weighted by Crippen LogP contribution is 2.22. The van der Waals surface area contributed by atoms with Crippen molar-refractivity contribution in [3.05, 3.63) is 28.8 Å². The molecule has 1 aromatic carbocycles. The van der Waals surface area contributed by atoms with Gasteiger partial charge in [-0.05, 0) is 63.4 Å². The summed E-state index contributed by atoms with van der Waals surface area (Å²) in [5.41, 5.74) is 0.572. The fourth-order valence-electron chi connectivity index (χ4n) is 2.76. The molecule has 1 heterocycles. The Balaban J connectivity index is 1.75. The summed E-state index contributed by atoms with van der Waals surface area (Å²) in [6.07, 6.45) is 8.32. The highest BCUT2D eigenvalue weighted by atomic mass is 35.5. The fraction of sp³-hybridized carbons (Fsp3) is 0.588. The molecular formula is C17H25ClN2OS. The third-order valence-electron chi connectivity index (χ3n) is 4.05. The lowest BCUT2D eigenvalue weighted by molar-refractivity contribution is 0.0951. The van der Waals surface area contributed by atoms with Crippen LogP contribution in [0, 0.1) is 0 Å². The molecule has 1 N–H and O–H groups in total. The summed E-state index contributed by atoms with van der Waals surface area (Å²) >= 11 is 7.74. The maximum atomic E-state index is 12.2. The number of amides is 1. The van der Waals surface area contributed by atoms with Gasteiger partial charge in [-0.25, -0.2) is 0 Å². The van der Waals surface area contributed by atoms with Gasteiger partial charge in [-0.15, -0.1) is 11.8 Å². The van der Waals surface area contributed by atoms with E-state index < -0.39 is 0 Å². The van der Waals surface area contributed by atoms with Crippen LogP contribution in [0.2, 0.25) is 5.02 Å². The average molecular weight is 341 g/mol. The van der Waals surface area contributed by atoms with Gasteiger partial charge in [0, 0.05) is 11.4 Å². The van der Waals surface area contributed by atoms with Crippen LogP contribution in [0.5, 0.6) is 0 Å². The quantitative estimate of drug-likeness (QED) is 0.626. The monoisotopic (exact) mass is 340 g/mol. The Labute approximate surface area is 142 Å². The number of rotatable bonds is 6. The summed E-state index contributed by atoms with van der Waals surface area (Å²) < 4.78 is 0. The SMILES string of the molecule is CSc1ccc(Cl)c(C(=O)NCCCN2CCCCCC2)c1. The van der Waals surface area contributed by atoms with E-state index in [2.05, 4.69) is 10.2 Å². The largest absolute Gasteiger partial charge is 0.352 e. The van der Waals surface area contributed by atoms with E-state index in [-0.39, 0.29) is 5.91 Å². The summed E-state index contributed by atoms with van der Waals surface area (Å²) in [4.78, 5) is 15.8. The van der Waals surface area contributed by atoms with Gasteiger partial charge in [0.1, 0.15) is 0 Å². The highest BCUT2D eigenvalue weighted by Gasteiger charge is 2.12. The van der Waals surface area contributed by atoms with Gasteiger partial charge in [-0.3, -0.25) is 4.79 Å². The molecule has 0 aromatic heterocycles. The van der Waals surface area contributed by atoms with Gasteiger partial charge >= 0.3 is 0 Å². The predicted molar refractivity (Wildman–Crippen MR) is 95.1 cm³/mol. The summed E-state index contributed by atoms with van der Waals surface area (Å²) in [5, 5.41) is 3.50. The summed E-state index contributed by atoms with van der Waals surface area (Å²) in [7, 11) is 0. The molecule has 1 aliphatic heterocycles. The van der Waals surface area contributed by atoms with E-state index in [4.69, 9.17) is 11.6 Å². The van der Waals surface area contributed by atoms with E-state index in [1.54, 1.807) is 17.8 Å². The number of nitrogens with zero attached hydrogens (tertiary/aromatic N) is 1. The van der Waals surface area contributed by atoms with Crippen molar-refractivity contribution in [3.8, 4) is 0 Å². The van der Waals surface area contributed by atoms with Crippen LogP contribution < -0.4 is 5.32 Å². The normalized spacial score (nSPS) is 16.3. The zero-order valence-corrected chi connectivity index (χ0v) is 14.8. The zero-order valence-electron chi connectivity index (χ0n) is 13.2. The molecule has 0 saturated carbocycles. The van der Waals surface area contributed by atoms with E-state index in [1.807, 2.05) is 18.4 Å². The molecule has 3 nitrogen and oxygen atoms in total. The molecule has 1 saturated heterocycles. The van der Waals surface area contributed by atoms with Crippen molar-refractivity contribution in [3.63, 3.8) is 0 Å². The van der Waals surface area contributed by atoms with Crippen molar-refractivity contribution in [2.75, 3.05) is 32.4 Å². The summed E-state index contributed by atoms with van der Waals surface area (Å²) in [6, 6.07) is 5.58. The van der Waals surface area contributed by atoms with Crippen LogP contribution in [0.4, 0.5) is 0 Å². The second-order valence-corrected chi connectivity index (χ2v) is 7.00. The molecule has 1 fully saturated rings. The lowest BCUT2D eigenvalue weighted by atomic mass is 10.2. The van der Waals surface area contributed by atoms with Crippen LogP contribution in [0.25, 0.3) is 0 Å². The molecule has 0 spiro atoms. The first-order valence-corrected chi connectivity index (χ1v) is 9.65. The average Bonchev–Trinajstić information content (AvgIpc) is 2.80. The predicted octanol–water partition coefficient (Wildman–Crippen LogP) is 4.06. The van der Waals surface area contributed by atoms with Crippen molar-refractivity contribution < 1.29 is 4.79 Å². The van der Waals surface area contributed by atoms with Gasteiger partial charge < -0.3 is 10.2 Å². The lowest BCUT2D eigenvalue weighted by Gasteiger charge is -2.19. The van der Waals surface area contributed by atoms with E-state index in [0.29, 0.717) is 17.1 Å². The Morgan fingerprint density at radius 2 is 2.00 bits per heavy atom. The molecule has 2 rings (SSSR count). The molecule has 0 unspecified atom stereocenters. The van der Waals surface area contributed by atoms with Gasteiger partial charge in [0.05, 0.1) is 10.6 Å². The molecule has 122 valence electrons. The second kappa shape index (κ2) is 9.43. The van der Waals surface area contributed by atoms with Crippen molar-refractivity contribution in [2.24, 2.45) is 0 Å². The van der Waals surface area contributed by atoms with E-state index >= 15 is 0 Å². The molecule has 1 amide bonds. The maximum Gasteiger partial charge on any atom is 0.252 e. The molecule has 0 radical (unpaired) electrons. The van der Waals surface area contributed by atoms with Crippen LogP contribution in [0.1, 0.15) is 42.5 Å². The number of benzene rings is 1. The summed E-state index contributed by atoms with van der Waals surface area (Å²) in [6.45, 7) is 4.18. The minimum Gasteiger partial charge on any atom is -0.352 e. The van der Waals surface area contributed by atoms with Crippen LogP contribution in [0.15, 0.2) is 23.1 Å². The number of carbonyl (C=O) groups is 1. The Kier molecular flexibility index (Phi) is 7.56. The lowest BCUT2D eigenvalue weighted by Crippen LogP contribution is -2.30. The van der Waals surface area contributed by atoms with Gasteiger partial charge in [0.15, 0.2) is 0 Å². The first-order chi connectivity index (χ1) is 10.7. The number of thioether (sulfide) groups is 1. The minimum atomic E-state index is -0.0724. The van der Waals surface area contributed by atoms with Crippen LogP contribution >= 0.6 is 23.4 Å². The Morgan fingerprint density at radius 3 is 2.68 bits per heavy atom. The number of carbonyl (C=O) groups excluding carboxylic acids is 1. The smallest absolute Gasteiger partial charge is 0.252 e. The van der Waals surface area contributed by atoms with Crippen LogP contribution in [0.3, 0.4) is 0 Å². The summed E-state index contributed by atoms with van der Waals surface area (Å²) in [5.74, 6) is -0.0724. The number of hydrogen-bond acceptors (Lipinski definition) is 3. The van der Waals surface area contributed by atoms with Gasteiger partial charge in [-0.1, -0.05) is 24.4 Å². The number of likely N-dealkylation sites (tertiary alicyclic amines) is 1. The van der Waals surface area contributed by atoms with E-state index in [9.17, 15) is 4.79 Å². The molecule has 5 heteroatoms.